The van der Waals surface area contributed by atoms with E-state index in [1.54, 1.807) is 11.8 Å². The van der Waals surface area contributed by atoms with Gasteiger partial charge < -0.3 is 0 Å². The minimum absolute atomic E-state index is 0.647. The molecule has 0 amide bonds. The van der Waals surface area contributed by atoms with Crippen LogP contribution in [-0.4, -0.2) is 12.5 Å². The Hall–Kier alpha value is -0.240. The number of hydrogen-bond donors (Lipinski definition) is 0. The van der Waals surface area contributed by atoms with Crippen molar-refractivity contribution in [2.24, 2.45) is 10.9 Å². The molecule has 1 unspecified atom stereocenters. The maximum Gasteiger partial charge on any atom is 0.0493 e. The Kier molecular flexibility index (Phi) is 8.21. The van der Waals surface area contributed by atoms with E-state index in [1.165, 1.54) is 25.0 Å². The van der Waals surface area contributed by atoms with Crippen molar-refractivity contribution in [1.29, 1.82) is 0 Å². The molecule has 0 N–H and O–H groups in total. The maximum atomic E-state index is 4.42. The summed E-state index contributed by atoms with van der Waals surface area (Å²) in [5, 5.41) is 2.17. The molecule has 0 fully saturated rings. The van der Waals surface area contributed by atoms with Gasteiger partial charge in [0.2, 0.25) is 0 Å². The fraction of sp³-hybridized carbons (Fsp3) is 0.727. The molecule has 0 aromatic heterocycles. The van der Waals surface area contributed by atoms with Gasteiger partial charge in [-0.25, -0.2) is 0 Å². The van der Waals surface area contributed by atoms with Crippen LogP contribution in [0, 0.1) is 5.92 Å². The van der Waals surface area contributed by atoms with Crippen LogP contribution in [0.3, 0.4) is 0 Å². The average molecular weight is 199 g/mol. The molecule has 2 heteroatoms. The Bertz CT molecular complexity index is 173. The second kappa shape index (κ2) is 8.36. The molecule has 76 valence electrons. The molecule has 0 saturated carbocycles. The van der Waals surface area contributed by atoms with Crippen LogP contribution in [0.4, 0.5) is 0 Å². The second-order valence-corrected chi connectivity index (χ2v) is 3.77. The van der Waals surface area contributed by atoms with E-state index in [9.17, 15) is 0 Å². The highest BCUT2D eigenvalue weighted by Gasteiger charge is 2.09. The lowest BCUT2D eigenvalue weighted by Crippen LogP contribution is -2.00. The normalized spacial score (nSPS) is 15.2. The molecule has 0 aromatic carbocycles. The van der Waals surface area contributed by atoms with Crippen molar-refractivity contribution in [1.82, 2.24) is 0 Å². The van der Waals surface area contributed by atoms with Crippen molar-refractivity contribution in [2.75, 3.05) is 6.26 Å². The summed E-state index contributed by atoms with van der Waals surface area (Å²) in [5.74, 6) is 0.647. The van der Waals surface area contributed by atoms with E-state index < -0.39 is 0 Å². The second-order valence-electron chi connectivity index (χ2n) is 3.06. The Morgan fingerprint density at radius 2 is 2.15 bits per heavy atom. The van der Waals surface area contributed by atoms with Crippen LogP contribution < -0.4 is 0 Å². The predicted molar refractivity (Wildman–Crippen MR) is 64.5 cm³/mol. The molecule has 0 radical (unpaired) electrons. The average Bonchev–Trinajstić information content (AvgIpc) is 2.14. The highest BCUT2D eigenvalue weighted by Crippen LogP contribution is 2.23. The first-order valence-corrected chi connectivity index (χ1v) is 6.30. The molecule has 0 aliphatic rings. The SMILES string of the molecule is CC=N/C(=C\SC)C(CC)CCC. The minimum atomic E-state index is 0.647. The van der Waals surface area contributed by atoms with Gasteiger partial charge in [-0.2, -0.15) is 0 Å². The quantitative estimate of drug-likeness (QED) is 0.586. The van der Waals surface area contributed by atoms with Gasteiger partial charge in [-0.05, 0) is 31.4 Å². The van der Waals surface area contributed by atoms with Gasteiger partial charge in [0, 0.05) is 17.8 Å². The number of aliphatic imine (C=N–C) groups is 1. The Morgan fingerprint density at radius 3 is 2.54 bits per heavy atom. The standard InChI is InChI=1S/C11H21NS/c1-5-8-10(6-2)11(9-13-4)12-7-3/h7,9-10H,5-6,8H2,1-4H3/b11-9-,12-7?. The lowest BCUT2D eigenvalue weighted by Gasteiger charge is -2.13. The maximum absolute atomic E-state index is 4.42. The summed E-state index contributed by atoms with van der Waals surface area (Å²) in [7, 11) is 0. The Labute approximate surface area is 86.7 Å². The third-order valence-electron chi connectivity index (χ3n) is 2.06. The summed E-state index contributed by atoms with van der Waals surface area (Å²) in [6.45, 7) is 6.45. The smallest absolute Gasteiger partial charge is 0.0493 e. The first kappa shape index (κ1) is 12.8. The molecule has 0 aromatic rings. The summed E-state index contributed by atoms with van der Waals surface area (Å²) in [6.07, 6.45) is 7.66. The molecule has 0 heterocycles. The van der Waals surface area contributed by atoms with Crippen molar-refractivity contribution < 1.29 is 0 Å². The van der Waals surface area contributed by atoms with Crippen LogP contribution >= 0.6 is 11.8 Å². The lowest BCUT2D eigenvalue weighted by molar-refractivity contribution is 0.531. The van der Waals surface area contributed by atoms with E-state index in [0.717, 1.165) is 0 Å². The van der Waals surface area contributed by atoms with E-state index in [1.807, 2.05) is 13.1 Å². The van der Waals surface area contributed by atoms with Crippen molar-refractivity contribution in [3.63, 3.8) is 0 Å². The monoisotopic (exact) mass is 199 g/mol. The molecule has 0 aliphatic heterocycles. The fourth-order valence-corrected chi connectivity index (χ4v) is 1.91. The van der Waals surface area contributed by atoms with E-state index in [4.69, 9.17) is 0 Å². The van der Waals surface area contributed by atoms with Crippen LogP contribution in [0.25, 0.3) is 0 Å². The van der Waals surface area contributed by atoms with Gasteiger partial charge in [0.05, 0.1) is 0 Å². The first-order valence-electron chi connectivity index (χ1n) is 5.01. The van der Waals surface area contributed by atoms with Crippen LogP contribution in [0.15, 0.2) is 16.1 Å². The minimum Gasteiger partial charge on any atom is -0.265 e. The largest absolute Gasteiger partial charge is 0.265 e. The highest BCUT2D eigenvalue weighted by atomic mass is 32.2. The summed E-state index contributed by atoms with van der Waals surface area (Å²) >= 11 is 1.74. The van der Waals surface area contributed by atoms with Crippen LogP contribution in [0.5, 0.6) is 0 Å². The predicted octanol–water partition coefficient (Wildman–Crippen LogP) is 4.11. The molecule has 1 nitrogen and oxygen atoms in total. The molecule has 0 aliphatic carbocycles. The van der Waals surface area contributed by atoms with Gasteiger partial charge in [0.1, 0.15) is 0 Å². The molecule has 0 spiro atoms. The molecule has 0 saturated heterocycles. The van der Waals surface area contributed by atoms with E-state index in [2.05, 4.69) is 30.5 Å². The zero-order chi connectivity index (χ0) is 10.1. The number of rotatable bonds is 6. The molecule has 13 heavy (non-hydrogen) atoms. The molecular weight excluding hydrogens is 178 g/mol. The summed E-state index contributed by atoms with van der Waals surface area (Å²) < 4.78 is 0. The summed E-state index contributed by atoms with van der Waals surface area (Å²) in [5.41, 5.74) is 1.25. The number of nitrogens with zero attached hydrogens (tertiary/aromatic N) is 1. The Morgan fingerprint density at radius 1 is 1.46 bits per heavy atom. The number of hydrogen-bond acceptors (Lipinski definition) is 2. The summed E-state index contributed by atoms with van der Waals surface area (Å²) in [4.78, 5) is 4.42. The summed E-state index contributed by atoms with van der Waals surface area (Å²) in [6, 6.07) is 0. The number of allylic oxidation sites excluding steroid dienone is 1. The topological polar surface area (TPSA) is 12.4 Å². The van der Waals surface area contributed by atoms with E-state index in [0.29, 0.717) is 5.92 Å². The van der Waals surface area contributed by atoms with Crippen LogP contribution in [0.1, 0.15) is 40.0 Å². The van der Waals surface area contributed by atoms with Crippen LogP contribution in [0.2, 0.25) is 0 Å². The molecular formula is C11H21NS. The van der Waals surface area contributed by atoms with Crippen molar-refractivity contribution in [3.8, 4) is 0 Å². The van der Waals surface area contributed by atoms with Gasteiger partial charge in [-0.3, -0.25) is 4.99 Å². The molecule has 0 bridgehead atoms. The first-order chi connectivity index (χ1) is 6.29. The van der Waals surface area contributed by atoms with Crippen molar-refractivity contribution in [2.45, 2.75) is 40.0 Å². The van der Waals surface area contributed by atoms with Crippen molar-refractivity contribution >= 4 is 18.0 Å². The Balaban J connectivity index is 4.38. The third kappa shape index (κ3) is 5.14. The van der Waals surface area contributed by atoms with Gasteiger partial charge in [-0.1, -0.05) is 20.3 Å². The third-order valence-corrected chi connectivity index (χ3v) is 2.54. The van der Waals surface area contributed by atoms with Gasteiger partial charge in [0.25, 0.3) is 0 Å². The van der Waals surface area contributed by atoms with E-state index >= 15 is 0 Å². The van der Waals surface area contributed by atoms with Gasteiger partial charge in [0.15, 0.2) is 0 Å². The molecule has 1 atom stereocenters. The molecule has 0 rings (SSSR count). The van der Waals surface area contributed by atoms with Gasteiger partial charge >= 0.3 is 0 Å². The van der Waals surface area contributed by atoms with E-state index in [-0.39, 0.29) is 0 Å². The van der Waals surface area contributed by atoms with Gasteiger partial charge in [-0.15, -0.1) is 11.8 Å². The zero-order valence-electron chi connectivity index (χ0n) is 9.21. The number of thioether (sulfide) groups is 1. The lowest BCUT2D eigenvalue weighted by atomic mass is 9.98. The fourth-order valence-electron chi connectivity index (χ4n) is 1.41. The van der Waals surface area contributed by atoms with Crippen LogP contribution in [-0.2, 0) is 0 Å². The van der Waals surface area contributed by atoms with Crippen molar-refractivity contribution in [3.05, 3.63) is 11.1 Å². The highest BCUT2D eigenvalue weighted by molar-refractivity contribution is 8.01. The zero-order valence-corrected chi connectivity index (χ0v) is 10.0.